The summed E-state index contributed by atoms with van der Waals surface area (Å²) in [6, 6.07) is 39.3. The van der Waals surface area contributed by atoms with Crippen molar-refractivity contribution in [3.8, 4) is 11.1 Å². The molecule has 0 unspecified atom stereocenters. The molecule has 27 heavy (non-hydrogen) atoms. The predicted molar refractivity (Wildman–Crippen MR) is 117 cm³/mol. The topological polar surface area (TPSA) is 26.0 Å². The molecule has 4 aromatic rings. The molecule has 4 rings (SSSR count). The fraction of sp³-hybridized carbons (Fsp3) is 0.0769. The Morgan fingerprint density at radius 2 is 0.852 bits per heavy atom. The van der Waals surface area contributed by atoms with Crippen LogP contribution in [-0.2, 0) is 12.8 Å². The number of nitrogen functional groups attached to an aromatic ring is 1. The smallest absolute Gasteiger partial charge is 0.0393 e. The number of nitrogens with two attached hydrogens (primary N) is 1. The Hall–Kier alpha value is -3.32. The van der Waals surface area contributed by atoms with E-state index < -0.39 is 0 Å². The molecule has 1 nitrogen and oxygen atoms in total. The maximum absolute atomic E-state index is 5.85. The van der Waals surface area contributed by atoms with Crippen LogP contribution in [0.4, 0.5) is 5.69 Å². The first kappa shape index (κ1) is 18.5. The van der Waals surface area contributed by atoms with E-state index in [9.17, 15) is 0 Å². The summed E-state index contributed by atoms with van der Waals surface area (Å²) in [6.45, 7) is 0. The summed E-state index contributed by atoms with van der Waals surface area (Å²) in [5, 5.41) is 0. The van der Waals surface area contributed by atoms with Crippen LogP contribution in [0.5, 0.6) is 0 Å². The van der Waals surface area contributed by atoms with Gasteiger partial charge in [0, 0.05) is 11.3 Å². The second kappa shape index (κ2) is 9.98. The first-order valence-corrected chi connectivity index (χ1v) is 9.31. The molecular weight excluding hydrogens is 326 g/mol. The van der Waals surface area contributed by atoms with Gasteiger partial charge in [0.1, 0.15) is 0 Å². The summed E-state index contributed by atoms with van der Waals surface area (Å²) in [4.78, 5) is 0. The van der Waals surface area contributed by atoms with Gasteiger partial charge in [-0.3, -0.25) is 0 Å². The second-order valence-electron chi connectivity index (χ2n) is 6.42. The monoisotopic (exact) mass is 351 g/mol. The maximum atomic E-state index is 5.85. The van der Waals surface area contributed by atoms with Crippen molar-refractivity contribution in [3.63, 3.8) is 0 Å². The lowest BCUT2D eigenvalue weighted by Gasteiger charge is -2.03. The summed E-state index contributed by atoms with van der Waals surface area (Å²) >= 11 is 0. The van der Waals surface area contributed by atoms with Crippen LogP contribution >= 0.6 is 0 Å². The third-order valence-corrected chi connectivity index (χ3v) is 4.43. The number of para-hydroxylation sites is 1. The summed E-state index contributed by atoms with van der Waals surface area (Å²) in [5.41, 5.74) is 11.8. The molecule has 0 aromatic heterocycles. The van der Waals surface area contributed by atoms with E-state index in [1.165, 1.54) is 16.7 Å². The van der Waals surface area contributed by atoms with Gasteiger partial charge in [-0.05, 0) is 35.6 Å². The molecule has 0 heterocycles. The van der Waals surface area contributed by atoms with Gasteiger partial charge in [-0.2, -0.15) is 0 Å². The number of benzene rings is 4. The standard InChI is InChI=1S/C14H14.C12H11N/c1-3-7-13(8-4-1)11-12-14-9-5-2-6-10-14;13-12-9-5-4-8-11(12)10-6-2-1-3-7-10/h1-10H,11-12H2;1-9H,13H2. The average molecular weight is 351 g/mol. The molecule has 0 fully saturated rings. The van der Waals surface area contributed by atoms with Gasteiger partial charge in [0.25, 0.3) is 0 Å². The zero-order valence-corrected chi connectivity index (χ0v) is 15.5. The molecule has 0 amide bonds. The first-order valence-electron chi connectivity index (χ1n) is 9.31. The van der Waals surface area contributed by atoms with Crippen LogP contribution in [-0.4, -0.2) is 0 Å². The Labute approximate surface area is 162 Å². The molecule has 0 atom stereocenters. The Kier molecular flexibility index (Phi) is 6.83. The molecule has 0 aliphatic carbocycles. The van der Waals surface area contributed by atoms with E-state index in [0.717, 1.165) is 24.1 Å². The van der Waals surface area contributed by atoms with E-state index in [1.54, 1.807) is 0 Å². The number of hydrogen-bond donors (Lipinski definition) is 1. The SMILES string of the molecule is Nc1ccccc1-c1ccccc1.c1ccc(CCc2ccccc2)cc1. The average Bonchev–Trinajstić information content (AvgIpc) is 2.75. The van der Waals surface area contributed by atoms with E-state index in [-0.39, 0.29) is 0 Å². The van der Waals surface area contributed by atoms with Crippen molar-refractivity contribution in [1.29, 1.82) is 0 Å². The summed E-state index contributed by atoms with van der Waals surface area (Å²) < 4.78 is 0. The molecule has 0 radical (unpaired) electrons. The molecule has 4 aromatic carbocycles. The van der Waals surface area contributed by atoms with Gasteiger partial charge in [0.05, 0.1) is 0 Å². The van der Waals surface area contributed by atoms with Crippen molar-refractivity contribution < 1.29 is 0 Å². The minimum Gasteiger partial charge on any atom is -0.398 e. The summed E-state index contributed by atoms with van der Waals surface area (Å²) in [6.07, 6.45) is 2.26. The highest BCUT2D eigenvalue weighted by Crippen LogP contribution is 2.24. The van der Waals surface area contributed by atoms with E-state index in [4.69, 9.17) is 5.73 Å². The van der Waals surface area contributed by atoms with Crippen LogP contribution in [0, 0.1) is 0 Å². The van der Waals surface area contributed by atoms with Crippen molar-refractivity contribution in [1.82, 2.24) is 0 Å². The Bertz CT molecular complexity index is 876. The Balaban J connectivity index is 0.000000156. The lowest BCUT2D eigenvalue weighted by atomic mass is 10.0. The van der Waals surface area contributed by atoms with Gasteiger partial charge < -0.3 is 5.73 Å². The number of aryl methyl sites for hydroxylation is 2. The third-order valence-electron chi connectivity index (χ3n) is 4.43. The molecule has 2 N–H and O–H groups in total. The van der Waals surface area contributed by atoms with Gasteiger partial charge >= 0.3 is 0 Å². The van der Waals surface area contributed by atoms with Crippen LogP contribution in [0.25, 0.3) is 11.1 Å². The summed E-state index contributed by atoms with van der Waals surface area (Å²) in [7, 11) is 0. The van der Waals surface area contributed by atoms with E-state index >= 15 is 0 Å². The molecule has 0 spiro atoms. The number of anilines is 1. The Morgan fingerprint density at radius 3 is 1.33 bits per heavy atom. The van der Waals surface area contributed by atoms with E-state index in [0.29, 0.717) is 0 Å². The fourth-order valence-electron chi connectivity index (χ4n) is 2.96. The van der Waals surface area contributed by atoms with E-state index in [2.05, 4.69) is 72.8 Å². The molecular formula is C26H25N. The van der Waals surface area contributed by atoms with Crippen molar-refractivity contribution in [2.24, 2.45) is 0 Å². The quantitative estimate of drug-likeness (QED) is 0.423. The molecule has 0 saturated carbocycles. The number of hydrogen-bond acceptors (Lipinski definition) is 1. The van der Waals surface area contributed by atoms with Gasteiger partial charge in [-0.25, -0.2) is 0 Å². The summed E-state index contributed by atoms with van der Waals surface area (Å²) in [5.74, 6) is 0. The van der Waals surface area contributed by atoms with Crippen LogP contribution in [0.1, 0.15) is 11.1 Å². The third kappa shape index (κ3) is 5.86. The first-order chi connectivity index (χ1) is 13.3. The minimum absolute atomic E-state index is 0.828. The lowest BCUT2D eigenvalue weighted by Crippen LogP contribution is -1.89. The van der Waals surface area contributed by atoms with Crippen LogP contribution in [0.2, 0.25) is 0 Å². The molecule has 0 aliphatic rings. The van der Waals surface area contributed by atoms with Crippen molar-refractivity contribution in [2.75, 3.05) is 5.73 Å². The molecule has 0 bridgehead atoms. The van der Waals surface area contributed by atoms with Gasteiger partial charge in [0.2, 0.25) is 0 Å². The minimum atomic E-state index is 0.828. The van der Waals surface area contributed by atoms with Crippen LogP contribution in [0.3, 0.4) is 0 Å². The van der Waals surface area contributed by atoms with Gasteiger partial charge in [0.15, 0.2) is 0 Å². The normalized spacial score (nSPS) is 9.93. The zero-order chi connectivity index (χ0) is 18.7. The second-order valence-corrected chi connectivity index (χ2v) is 6.42. The highest BCUT2D eigenvalue weighted by atomic mass is 14.6. The highest BCUT2D eigenvalue weighted by molar-refractivity contribution is 5.75. The maximum Gasteiger partial charge on any atom is 0.0393 e. The largest absolute Gasteiger partial charge is 0.398 e. The van der Waals surface area contributed by atoms with Crippen LogP contribution in [0.15, 0.2) is 115 Å². The fourth-order valence-corrected chi connectivity index (χ4v) is 2.96. The molecule has 0 saturated heterocycles. The van der Waals surface area contributed by atoms with Crippen molar-refractivity contribution >= 4 is 5.69 Å². The van der Waals surface area contributed by atoms with Crippen LogP contribution < -0.4 is 5.73 Å². The van der Waals surface area contributed by atoms with Gasteiger partial charge in [-0.1, -0.05) is 109 Å². The molecule has 134 valence electrons. The highest BCUT2D eigenvalue weighted by Gasteiger charge is 1.98. The Morgan fingerprint density at radius 1 is 0.444 bits per heavy atom. The molecule has 0 aliphatic heterocycles. The van der Waals surface area contributed by atoms with Crippen molar-refractivity contribution in [3.05, 3.63) is 126 Å². The van der Waals surface area contributed by atoms with Gasteiger partial charge in [-0.15, -0.1) is 0 Å². The zero-order valence-electron chi connectivity index (χ0n) is 15.5. The lowest BCUT2D eigenvalue weighted by molar-refractivity contribution is 0.960. The van der Waals surface area contributed by atoms with Crippen molar-refractivity contribution in [2.45, 2.75) is 12.8 Å². The predicted octanol–water partition coefficient (Wildman–Crippen LogP) is 6.41. The molecule has 1 heteroatoms. The van der Waals surface area contributed by atoms with E-state index in [1.807, 2.05) is 42.5 Å². The number of rotatable bonds is 4.